The lowest BCUT2D eigenvalue weighted by Gasteiger charge is -2.35. The monoisotopic (exact) mass is 470 g/mol. The van der Waals surface area contributed by atoms with Crippen LogP contribution >= 0.6 is 11.6 Å². The van der Waals surface area contributed by atoms with Crippen molar-refractivity contribution < 1.29 is 9.53 Å². The van der Waals surface area contributed by atoms with E-state index in [1.165, 1.54) is 0 Å². The van der Waals surface area contributed by atoms with E-state index in [9.17, 15) is 4.79 Å². The van der Waals surface area contributed by atoms with Gasteiger partial charge in [0.15, 0.2) is 0 Å². The number of carbonyl (C=O) groups is 1. The van der Waals surface area contributed by atoms with Gasteiger partial charge in [-0.05, 0) is 70.6 Å². The Hall–Kier alpha value is -2.02. The first-order valence-electron chi connectivity index (χ1n) is 12.0. The van der Waals surface area contributed by atoms with Crippen LogP contribution in [0.2, 0.25) is 5.02 Å². The number of ether oxygens (including phenoxy) is 1. The number of aromatic nitrogens is 2. The molecule has 178 valence electrons. The molecule has 3 atom stereocenters. The molecule has 4 rings (SSSR count). The van der Waals surface area contributed by atoms with E-state index in [1.807, 2.05) is 24.3 Å². The van der Waals surface area contributed by atoms with Gasteiger partial charge in [-0.15, -0.1) is 0 Å². The molecule has 0 bridgehead atoms. The highest BCUT2D eigenvalue weighted by Gasteiger charge is 2.28. The van der Waals surface area contributed by atoms with Crippen LogP contribution in [0.25, 0.3) is 11.3 Å². The summed E-state index contributed by atoms with van der Waals surface area (Å²) in [5.74, 6) is 1.67. The maximum absolute atomic E-state index is 12.8. The topological polar surface area (TPSA) is 76.1 Å². The molecule has 2 fully saturated rings. The molecule has 2 aromatic heterocycles. The number of hydrogen-bond acceptors (Lipinski definition) is 6. The summed E-state index contributed by atoms with van der Waals surface area (Å²) in [4.78, 5) is 22.0. The molecule has 4 heterocycles. The third-order valence-electron chi connectivity index (χ3n) is 6.78. The first kappa shape index (κ1) is 24.1. The largest absolute Gasteiger partial charge is 0.376 e. The minimum Gasteiger partial charge on any atom is -0.376 e. The zero-order valence-corrected chi connectivity index (χ0v) is 20.6. The molecule has 0 aliphatic carbocycles. The van der Waals surface area contributed by atoms with Gasteiger partial charge in [0.2, 0.25) is 0 Å². The van der Waals surface area contributed by atoms with Gasteiger partial charge in [0.1, 0.15) is 11.6 Å². The van der Waals surface area contributed by atoms with Gasteiger partial charge in [-0.1, -0.05) is 17.7 Å². The van der Waals surface area contributed by atoms with E-state index in [2.05, 4.69) is 36.4 Å². The van der Waals surface area contributed by atoms with Crippen LogP contribution in [0.4, 0.5) is 5.82 Å². The maximum Gasteiger partial charge on any atom is 0.143 e. The lowest BCUT2D eigenvalue weighted by molar-refractivity contribution is -0.122. The molecule has 2 saturated heterocycles. The second-order valence-corrected chi connectivity index (χ2v) is 10.5. The first-order chi connectivity index (χ1) is 15.8. The molecule has 2 aliphatic rings. The number of anilines is 1. The van der Waals surface area contributed by atoms with Crippen molar-refractivity contribution in [3.8, 4) is 11.3 Å². The molecular weight excluding hydrogens is 436 g/mol. The third kappa shape index (κ3) is 6.52. The van der Waals surface area contributed by atoms with Crippen LogP contribution in [0.1, 0.15) is 52.1 Å². The Bertz CT molecular complexity index is 973. The van der Waals surface area contributed by atoms with Crippen molar-refractivity contribution in [2.45, 2.75) is 64.5 Å². The van der Waals surface area contributed by atoms with Gasteiger partial charge in [0, 0.05) is 55.5 Å². The second kappa shape index (κ2) is 10.5. The average Bonchev–Trinajstić information content (AvgIpc) is 2.79. The van der Waals surface area contributed by atoms with Crippen molar-refractivity contribution in [1.82, 2.24) is 15.3 Å². The lowest BCUT2D eigenvalue weighted by atomic mass is 9.88. The quantitative estimate of drug-likeness (QED) is 0.598. The van der Waals surface area contributed by atoms with E-state index in [4.69, 9.17) is 21.3 Å². The zero-order chi connectivity index (χ0) is 23.4. The summed E-state index contributed by atoms with van der Waals surface area (Å²) in [6, 6.07) is 8.30. The Balaban J connectivity index is 1.42. The summed E-state index contributed by atoms with van der Waals surface area (Å²) in [5.41, 5.74) is 2.26. The smallest absolute Gasteiger partial charge is 0.143 e. The highest BCUT2D eigenvalue weighted by molar-refractivity contribution is 6.33. The van der Waals surface area contributed by atoms with Crippen LogP contribution in [0.5, 0.6) is 0 Å². The molecule has 2 aromatic rings. The number of ketones is 1. The molecule has 0 spiro atoms. The van der Waals surface area contributed by atoms with Crippen LogP contribution in [0.15, 0.2) is 30.5 Å². The van der Waals surface area contributed by atoms with Crippen molar-refractivity contribution in [3.05, 3.63) is 41.2 Å². The molecule has 0 amide bonds. The summed E-state index contributed by atoms with van der Waals surface area (Å²) in [6.07, 6.45) is 6.01. The molecule has 2 N–H and O–H groups in total. The van der Waals surface area contributed by atoms with Gasteiger partial charge in [0.25, 0.3) is 0 Å². The summed E-state index contributed by atoms with van der Waals surface area (Å²) >= 11 is 6.48. The Morgan fingerprint density at radius 1 is 1.30 bits per heavy atom. The number of hydrogen-bond donors (Lipinski definition) is 2. The van der Waals surface area contributed by atoms with Crippen molar-refractivity contribution >= 4 is 23.2 Å². The van der Waals surface area contributed by atoms with Crippen LogP contribution in [0.3, 0.4) is 0 Å². The summed E-state index contributed by atoms with van der Waals surface area (Å²) < 4.78 is 5.83. The minimum absolute atomic E-state index is 0.0583. The normalized spacial score (nSPS) is 24.9. The van der Waals surface area contributed by atoms with Crippen molar-refractivity contribution in [3.63, 3.8) is 0 Å². The van der Waals surface area contributed by atoms with E-state index in [0.717, 1.165) is 68.1 Å². The number of nitrogens with zero attached hydrogens (tertiary/aromatic N) is 2. The van der Waals surface area contributed by atoms with E-state index in [-0.39, 0.29) is 17.3 Å². The maximum atomic E-state index is 12.8. The van der Waals surface area contributed by atoms with Crippen molar-refractivity contribution in [1.29, 1.82) is 0 Å². The van der Waals surface area contributed by atoms with E-state index in [0.29, 0.717) is 23.4 Å². The summed E-state index contributed by atoms with van der Waals surface area (Å²) in [7, 11) is 0. The van der Waals surface area contributed by atoms with Crippen LogP contribution in [-0.2, 0) is 16.0 Å². The fraction of sp³-hybridized carbons (Fsp3) is 0.577. The fourth-order valence-corrected chi connectivity index (χ4v) is 5.04. The lowest BCUT2D eigenvalue weighted by Crippen LogP contribution is -2.40. The van der Waals surface area contributed by atoms with Crippen molar-refractivity contribution in [2.24, 2.45) is 11.8 Å². The number of rotatable bonds is 7. The summed E-state index contributed by atoms with van der Waals surface area (Å²) in [6.45, 7) is 8.88. The third-order valence-corrected chi connectivity index (χ3v) is 7.08. The predicted octanol–water partition coefficient (Wildman–Crippen LogP) is 4.91. The highest BCUT2D eigenvalue weighted by atomic mass is 35.5. The van der Waals surface area contributed by atoms with E-state index in [1.54, 1.807) is 6.20 Å². The Kier molecular flexibility index (Phi) is 7.67. The van der Waals surface area contributed by atoms with Crippen molar-refractivity contribution in [2.75, 3.05) is 25.0 Å². The molecule has 33 heavy (non-hydrogen) atoms. The van der Waals surface area contributed by atoms with Gasteiger partial charge in [-0.2, -0.15) is 0 Å². The van der Waals surface area contributed by atoms with E-state index >= 15 is 0 Å². The Labute approximate surface area is 201 Å². The molecule has 0 radical (unpaired) electrons. The van der Waals surface area contributed by atoms with E-state index < -0.39 is 0 Å². The Morgan fingerprint density at radius 2 is 2.15 bits per heavy atom. The SMILES string of the molecule is C[C@@H]1CC[C@@H](C(=O)Cc2cc(-c3cccc(NC[C@H]4CCOC(C)(C)C4)n3)c(Cl)cn2)CN1. The number of halogens is 1. The molecule has 6 nitrogen and oxygen atoms in total. The van der Waals surface area contributed by atoms with Gasteiger partial charge in [-0.25, -0.2) is 4.98 Å². The molecule has 2 aliphatic heterocycles. The summed E-state index contributed by atoms with van der Waals surface area (Å²) in [5, 5.41) is 7.43. The van der Waals surface area contributed by atoms with Gasteiger partial charge in [0.05, 0.1) is 16.3 Å². The van der Waals surface area contributed by atoms with Crippen LogP contribution < -0.4 is 10.6 Å². The highest BCUT2D eigenvalue weighted by Crippen LogP contribution is 2.30. The van der Waals surface area contributed by atoms with Gasteiger partial charge < -0.3 is 15.4 Å². The molecule has 7 heteroatoms. The predicted molar refractivity (Wildman–Crippen MR) is 133 cm³/mol. The molecule has 0 aromatic carbocycles. The number of pyridine rings is 2. The number of carbonyl (C=O) groups excluding carboxylic acids is 1. The molecular formula is C26H35ClN4O2. The fourth-order valence-electron chi connectivity index (χ4n) is 4.84. The number of piperidine rings is 1. The number of Topliss-reactive ketones (excluding diaryl/α,β-unsaturated/α-hetero) is 1. The standard InChI is InChI=1S/C26H35ClN4O2/c1-17-7-8-19(15-28-17)24(32)12-20-11-21(22(27)16-29-20)23-5-4-6-25(31-23)30-14-18-9-10-33-26(2,3)13-18/h4-6,11,16-19,28H,7-10,12-15H2,1-3H3,(H,30,31)/t17-,18+,19-/m1/s1. The van der Waals surface area contributed by atoms with Crippen LogP contribution in [-0.4, -0.2) is 47.1 Å². The zero-order valence-electron chi connectivity index (χ0n) is 19.9. The molecule has 0 saturated carbocycles. The molecule has 0 unspecified atom stereocenters. The minimum atomic E-state index is -0.0653. The van der Waals surface area contributed by atoms with Gasteiger partial charge in [-0.3, -0.25) is 9.78 Å². The Morgan fingerprint density at radius 3 is 2.91 bits per heavy atom. The first-order valence-corrected chi connectivity index (χ1v) is 12.4. The van der Waals surface area contributed by atoms with Crippen LogP contribution in [0, 0.1) is 11.8 Å². The number of nitrogens with one attached hydrogen (secondary N) is 2. The second-order valence-electron chi connectivity index (χ2n) is 10.1. The average molecular weight is 471 g/mol. The van der Waals surface area contributed by atoms with Gasteiger partial charge >= 0.3 is 0 Å².